The number of aromatic nitrogens is 2. The van der Waals surface area contributed by atoms with Crippen LogP contribution in [-0.2, 0) is 0 Å². The van der Waals surface area contributed by atoms with Gasteiger partial charge < -0.3 is 21.1 Å². The number of amides is 2. The summed E-state index contributed by atoms with van der Waals surface area (Å²) in [5.41, 5.74) is -4.26. The monoisotopic (exact) mass is 571 g/mol. The Morgan fingerprint density at radius 1 is 1.12 bits per heavy atom. The van der Waals surface area contributed by atoms with E-state index in [0.717, 1.165) is 6.07 Å². The summed E-state index contributed by atoms with van der Waals surface area (Å²) < 4.78 is 84.5. The third-order valence-corrected chi connectivity index (χ3v) is 6.21. The lowest BCUT2D eigenvalue weighted by Gasteiger charge is -2.25. The van der Waals surface area contributed by atoms with Gasteiger partial charge in [-0.25, -0.2) is 22.9 Å². The SMILES string of the molecule is CC(C)(CNc1ccc2c(=O)c(C(=O)N[C@@H](C3CC3)C(F)(F)F)cn(-c3c(F)cc(F)cc3F)c2n1)NC(=O)O. The van der Waals surface area contributed by atoms with E-state index in [1.54, 1.807) is 13.8 Å². The van der Waals surface area contributed by atoms with E-state index in [-0.39, 0.29) is 30.6 Å². The molecule has 0 aliphatic heterocycles. The molecule has 0 spiro atoms. The van der Waals surface area contributed by atoms with Crippen LogP contribution in [0.15, 0.2) is 35.3 Å². The van der Waals surface area contributed by atoms with Crippen LogP contribution in [0.5, 0.6) is 0 Å². The summed E-state index contributed by atoms with van der Waals surface area (Å²) in [5, 5.41) is 15.5. The van der Waals surface area contributed by atoms with Crippen molar-refractivity contribution in [3.05, 3.63) is 63.7 Å². The molecule has 9 nitrogen and oxygen atoms in total. The van der Waals surface area contributed by atoms with Crippen LogP contribution >= 0.6 is 0 Å². The van der Waals surface area contributed by atoms with E-state index in [9.17, 15) is 40.7 Å². The molecule has 214 valence electrons. The third-order valence-electron chi connectivity index (χ3n) is 6.21. The molecule has 40 heavy (non-hydrogen) atoms. The molecular weight excluding hydrogens is 548 g/mol. The van der Waals surface area contributed by atoms with Gasteiger partial charge in [-0.15, -0.1) is 0 Å². The fourth-order valence-electron chi connectivity index (χ4n) is 4.16. The highest BCUT2D eigenvalue weighted by Crippen LogP contribution is 2.40. The number of hydrogen-bond acceptors (Lipinski definition) is 5. The van der Waals surface area contributed by atoms with Gasteiger partial charge in [0.15, 0.2) is 17.3 Å². The van der Waals surface area contributed by atoms with Gasteiger partial charge in [-0.1, -0.05) is 0 Å². The third kappa shape index (κ3) is 6.13. The molecule has 1 atom stereocenters. The Kier molecular flexibility index (Phi) is 7.43. The lowest BCUT2D eigenvalue weighted by atomic mass is 10.1. The van der Waals surface area contributed by atoms with E-state index in [1.807, 2.05) is 5.32 Å². The first-order chi connectivity index (χ1) is 18.6. The van der Waals surface area contributed by atoms with Crippen molar-refractivity contribution in [2.24, 2.45) is 5.92 Å². The molecule has 4 N–H and O–H groups in total. The Morgan fingerprint density at radius 3 is 2.30 bits per heavy atom. The van der Waals surface area contributed by atoms with Gasteiger partial charge in [0, 0.05) is 24.9 Å². The van der Waals surface area contributed by atoms with Crippen molar-refractivity contribution in [1.29, 1.82) is 0 Å². The molecule has 1 aliphatic rings. The molecule has 2 heterocycles. The highest BCUT2D eigenvalue weighted by molar-refractivity contribution is 5.97. The van der Waals surface area contributed by atoms with Crippen LogP contribution in [-0.4, -0.2) is 51.0 Å². The molecular formula is C25H23F6N5O4. The zero-order valence-corrected chi connectivity index (χ0v) is 21.0. The van der Waals surface area contributed by atoms with E-state index >= 15 is 0 Å². The largest absolute Gasteiger partial charge is 0.465 e. The predicted molar refractivity (Wildman–Crippen MR) is 131 cm³/mol. The Morgan fingerprint density at radius 2 is 1.75 bits per heavy atom. The highest BCUT2D eigenvalue weighted by atomic mass is 19.4. The number of nitrogens with zero attached hydrogens (tertiary/aromatic N) is 2. The van der Waals surface area contributed by atoms with Crippen LogP contribution in [0.2, 0.25) is 0 Å². The van der Waals surface area contributed by atoms with Crippen molar-refractivity contribution in [3.63, 3.8) is 0 Å². The standard InChI is InChI=1S/C25H23F6N5O4/c1-24(2,35-23(39)40)10-32-17-6-5-13-19(37)14(22(38)34-20(11-3-4-11)25(29,30)31)9-36(21(13)33-17)18-15(27)7-12(26)8-16(18)28/h5-9,11,20,35H,3-4,10H2,1-2H3,(H,32,33)(H,34,38)(H,39,40)/t20-/m0/s1. The molecule has 2 amide bonds. The second-order valence-corrected chi connectivity index (χ2v) is 10.0. The molecule has 0 radical (unpaired) electrons. The van der Waals surface area contributed by atoms with Gasteiger partial charge in [0.05, 0.1) is 10.9 Å². The minimum atomic E-state index is -4.80. The number of alkyl halides is 3. The summed E-state index contributed by atoms with van der Waals surface area (Å²) in [6, 6.07) is 0.857. The maximum Gasteiger partial charge on any atom is 0.408 e. The number of anilines is 1. The number of benzene rings is 1. The van der Waals surface area contributed by atoms with E-state index in [1.165, 1.54) is 6.07 Å². The summed E-state index contributed by atoms with van der Waals surface area (Å²) in [6.45, 7) is 3.08. The molecule has 0 bridgehead atoms. The number of nitrogens with one attached hydrogen (secondary N) is 3. The molecule has 0 unspecified atom stereocenters. The maximum absolute atomic E-state index is 14.8. The highest BCUT2D eigenvalue weighted by Gasteiger charge is 2.50. The second-order valence-electron chi connectivity index (χ2n) is 10.0. The molecule has 1 aliphatic carbocycles. The first-order valence-electron chi connectivity index (χ1n) is 11.9. The van der Waals surface area contributed by atoms with Crippen molar-refractivity contribution in [3.8, 4) is 5.69 Å². The van der Waals surface area contributed by atoms with Crippen LogP contribution in [0.4, 0.5) is 37.0 Å². The van der Waals surface area contributed by atoms with Gasteiger partial charge in [0.1, 0.15) is 28.9 Å². The lowest BCUT2D eigenvalue weighted by Crippen LogP contribution is -2.48. The Balaban J connectivity index is 1.84. The van der Waals surface area contributed by atoms with Gasteiger partial charge in [-0.2, -0.15) is 13.2 Å². The first-order valence-corrected chi connectivity index (χ1v) is 11.9. The summed E-state index contributed by atoms with van der Waals surface area (Å²) in [6.07, 6.45) is -5.01. The van der Waals surface area contributed by atoms with Gasteiger partial charge in [0.2, 0.25) is 5.43 Å². The number of pyridine rings is 2. The Hall–Kier alpha value is -4.30. The molecule has 1 fully saturated rings. The van der Waals surface area contributed by atoms with Crippen molar-refractivity contribution >= 4 is 28.9 Å². The molecule has 2 aromatic heterocycles. The minimum Gasteiger partial charge on any atom is -0.465 e. The lowest BCUT2D eigenvalue weighted by molar-refractivity contribution is -0.158. The molecule has 3 aromatic rings. The maximum atomic E-state index is 14.8. The van der Waals surface area contributed by atoms with Crippen molar-refractivity contribution in [1.82, 2.24) is 20.2 Å². The number of hydrogen-bond donors (Lipinski definition) is 4. The van der Waals surface area contributed by atoms with Crippen molar-refractivity contribution in [2.75, 3.05) is 11.9 Å². The van der Waals surface area contributed by atoms with E-state index in [0.29, 0.717) is 22.9 Å². The topological polar surface area (TPSA) is 125 Å². The quantitative estimate of drug-likeness (QED) is 0.299. The predicted octanol–water partition coefficient (Wildman–Crippen LogP) is 4.33. The minimum absolute atomic E-state index is 0.0203. The number of rotatable bonds is 8. The molecule has 4 rings (SSSR count). The summed E-state index contributed by atoms with van der Waals surface area (Å²) >= 11 is 0. The van der Waals surface area contributed by atoms with Crippen LogP contribution in [0.3, 0.4) is 0 Å². The summed E-state index contributed by atoms with van der Waals surface area (Å²) in [4.78, 5) is 41.3. The first kappa shape index (κ1) is 28.7. The number of carboxylic acid groups (broad SMARTS) is 1. The normalized spacial score (nSPS) is 14.6. The second kappa shape index (κ2) is 10.4. The van der Waals surface area contributed by atoms with Crippen LogP contribution in [0.25, 0.3) is 16.7 Å². The van der Waals surface area contributed by atoms with E-state index in [2.05, 4.69) is 15.6 Å². The van der Waals surface area contributed by atoms with Crippen molar-refractivity contribution in [2.45, 2.75) is 44.4 Å². The zero-order chi connectivity index (χ0) is 29.6. The smallest absolute Gasteiger partial charge is 0.408 e. The number of carbonyl (C=O) groups is 2. The number of carbonyl (C=O) groups excluding carboxylic acids is 1. The van der Waals surface area contributed by atoms with E-state index < -0.39 is 75.5 Å². The molecule has 0 saturated heterocycles. The summed E-state index contributed by atoms with van der Waals surface area (Å²) in [5.74, 6) is -6.40. The van der Waals surface area contributed by atoms with Crippen molar-refractivity contribution < 1.29 is 41.0 Å². The van der Waals surface area contributed by atoms with Crippen LogP contribution < -0.4 is 21.4 Å². The van der Waals surface area contributed by atoms with E-state index in [4.69, 9.17) is 5.11 Å². The summed E-state index contributed by atoms with van der Waals surface area (Å²) in [7, 11) is 0. The number of fused-ring (bicyclic) bond motifs is 1. The zero-order valence-electron chi connectivity index (χ0n) is 21.0. The van der Waals surface area contributed by atoms with Gasteiger partial charge in [-0.3, -0.25) is 14.2 Å². The fourth-order valence-corrected chi connectivity index (χ4v) is 4.16. The Bertz CT molecular complexity index is 1530. The van der Waals surface area contributed by atoms with Gasteiger partial charge in [0.25, 0.3) is 5.91 Å². The van der Waals surface area contributed by atoms with Gasteiger partial charge in [-0.05, 0) is 44.7 Å². The number of halogens is 6. The Labute approximate surface area is 222 Å². The average molecular weight is 571 g/mol. The molecule has 1 saturated carbocycles. The van der Waals surface area contributed by atoms with Crippen LogP contribution in [0.1, 0.15) is 37.0 Å². The average Bonchev–Trinajstić information content (AvgIpc) is 3.65. The van der Waals surface area contributed by atoms with Gasteiger partial charge >= 0.3 is 12.3 Å². The molecule has 15 heteroatoms. The van der Waals surface area contributed by atoms with Crippen LogP contribution in [0, 0.1) is 23.4 Å². The fraction of sp³-hybridized carbons (Fsp3) is 0.360. The molecule has 1 aromatic carbocycles.